The summed E-state index contributed by atoms with van der Waals surface area (Å²) in [6.07, 6.45) is 0.817. The average Bonchev–Trinajstić information content (AvgIpc) is 2.11. The van der Waals surface area contributed by atoms with E-state index in [4.69, 9.17) is 10.8 Å². The molecule has 68 valence electrons. The van der Waals surface area contributed by atoms with Crippen LogP contribution in [0, 0.1) is 0 Å². The molecule has 0 radical (unpaired) electrons. The van der Waals surface area contributed by atoms with E-state index in [0.717, 1.165) is 6.08 Å². The van der Waals surface area contributed by atoms with Gasteiger partial charge in [-0.05, 0) is 0 Å². The first kappa shape index (κ1) is 10.6. The van der Waals surface area contributed by atoms with E-state index in [0.29, 0.717) is 0 Å². The molecule has 0 aromatic rings. The molecule has 12 heavy (non-hydrogen) atoms. The Bertz CT molecular complexity index is 190. The van der Waals surface area contributed by atoms with Gasteiger partial charge in [-0.25, -0.2) is 19.4 Å². The molecule has 0 spiro atoms. The largest absolute Gasteiger partial charge is 0.394 e. The standard InChI is InChI=1S/C6H9NO5/c1-2-5(9)11-12-6(10)4(7)3-8/h2,4,8H,1,3,7H2. The Kier molecular flexibility index (Phi) is 4.66. The number of carbonyl (C=O) groups is 2. The van der Waals surface area contributed by atoms with E-state index in [1.165, 1.54) is 0 Å². The predicted molar refractivity (Wildman–Crippen MR) is 37.4 cm³/mol. The van der Waals surface area contributed by atoms with Crippen molar-refractivity contribution in [2.75, 3.05) is 6.61 Å². The fraction of sp³-hybridized carbons (Fsp3) is 0.333. The van der Waals surface area contributed by atoms with E-state index >= 15 is 0 Å². The second kappa shape index (κ2) is 5.28. The first-order valence-electron chi connectivity index (χ1n) is 3.03. The van der Waals surface area contributed by atoms with E-state index in [-0.39, 0.29) is 0 Å². The maximum Gasteiger partial charge on any atom is 0.378 e. The lowest BCUT2D eigenvalue weighted by Gasteiger charge is -2.04. The van der Waals surface area contributed by atoms with Gasteiger partial charge in [-0.2, -0.15) is 0 Å². The minimum absolute atomic E-state index is 0.579. The minimum Gasteiger partial charge on any atom is -0.394 e. The lowest BCUT2D eigenvalue weighted by atomic mass is 10.3. The van der Waals surface area contributed by atoms with E-state index in [2.05, 4.69) is 16.4 Å². The monoisotopic (exact) mass is 175 g/mol. The number of aliphatic hydroxyl groups excluding tert-OH is 1. The Labute approximate surface area is 68.5 Å². The van der Waals surface area contributed by atoms with Crippen LogP contribution in [-0.2, 0) is 19.4 Å². The average molecular weight is 175 g/mol. The number of hydrogen-bond donors (Lipinski definition) is 2. The topological polar surface area (TPSA) is 98.9 Å². The van der Waals surface area contributed by atoms with Crippen LogP contribution in [-0.4, -0.2) is 29.7 Å². The second-order valence-corrected chi connectivity index (χ2v) is 1.80. The first-order chi connectivity index (χ1) is 5.61. The van der Waals surface area contributed by atoms with Crippen molar-refractivity contribution in [1.82, 2.24) is 0 Å². The van der Waals surface area contributed by atoms with Crippen molar-refractivity contribution in [2.24, 2.45) is 5.73 Å². The third kappa shape index (κ3) is 3.69. The Morgan fingerprint density at radius 2 is 2.17 bits per heavy atom. The van der Waals surface area contributed by atoms with Crippen LogP contribution in [0.5, 0.6) is 0 Å². The zero-order valence-corrected chi connectivity index (χ0v) is 6.23. The van der Waals surface area contributed by atoms with Gasteiger partial charge in [0.15, 0.2) is 0 Å². The maximum atomic E-state index is 10.6. The van der Waals surface area contributed by atoms with E-state index < -0.39 is 24.6 Å². The van der Waals surface area contributed by atoms with Crippen molar-refractivity contribution in [3.63, 3.8) is 0 Å². The molecule has 0 aromatic carbocycles. The summed E-state index contributed by atoms with van der Waals surface area (Å²) in [7, 11) is 0. The Hall–Kier alpha value is -1.40. The van der Waals surface area contributed by atoms with Gasteiger partial charge in [-0.15, -0.1) is 0 Å². The lowest BCUT2D eigenvalue weighted by Crippen LogP contribution is -2.35. The third-order valence-electron chi connectivity index (χ3n) is 0.872. The van der Waals surface area contributed by atoms with Crippen molar-refractivity contribution in [3.05, 3.63) is 12.7 Å². The molecule has 0 heterocycles. The van der Waals surface area contributed by atoms with Gasteiger partial charge in [0.25, 0.3) is 0 Å². The van der Waals surface area contributed by atoms with Crippen LogP contribution in [0.4, 0.5) is 0 Å². The highest BCUT2D eigenvalue weighted by atomic mass is 17.2. The zero-order chi connectivity index (χ0) is 9.56. The molecule has 0 saturated carbocycles. The molecular formula is C6H9NO5. The third-order valence-corrected chi connectivity index (χ3v) is 0.872. The highest BCUT2D eigenvalue weighted by Crippen LogP contribution is 1.87. The maximum absolute atomic E-state index is 10.6. The molecule has 3 N–H and O–H groups in total. The van der Waals surface area contributed by atoms with Crippen LogP contribution in [0.1, 0.15) is 0 Å². The molecule has 0 aliphatic heterocycles. The second-order valence-electron chi connectivity index (χ2n) is 1.80. The molecular weight excluding hydrogens is 166 g/mol. The van der Waals surface area contributed by atoms with E-state index in [1.54, 1.807) is 0 Å². The summed E-state index contributed by atoms with van der Waals surface area (Å²) in [6, 6.07) is -1.21. The van der Waals surface area contributed by atoms with Crippen LogP contribution in [0.3, 0.4) is 0 Å². The number of hydrogen-bond acceptors (Lipinski definition) is 6. The molecule has 1 unspecified atom stereocenters. The van der Waals surface area contributed by atoms with Gasteiger partial charge in [0.05, 0.1) is 6.61 Å². The highest BCUT2D eigenvalue weighted by Gasteiger charge is 2.16. The molecule has 6 nitrogen and oxygen atoms in total. The lowest BCUT2D eigenvalue weighted by molar-refractivity contribution is -0.256. The first-order valence-corrected chi connectivity index (χ1v) is 3.03. The fourth-order valence-electron chi connectivity index (χ4n) is 0.252. The normalized spacial score (nSPS) is 11.5. The van der Waals surface area contributed by atoms with Crippen LogP contribution in [0.25, 0.3) is 0 Å². The molecule has 0 rings (SSSR count). The number of aliphatic hydroxyl groups is 1. The molecule has 0 aliphatic carbocycles. The summed E-state index contributed by atoms with van der Waals surface area (Å²) in [5, 5.41) is 8.34. The van der Waals surface area contributed by atoms with Crippen molar-refractivity contribution in [2.45, 2.75) is 6.04 Å². The van der Waals surface area contributed by atoms with Gasteiger partial charge in [-0.3, -0.25) is 0 Å². The summed E-state index contributed by atoms with van der Waals surface area (Å²) in [5.74, 6) is -1.93. The van der Waals surface area contributed by atoms with E-state index in [1.807, 2.05) is 0 Å². The molecule has 0 bridgehead atoms. The van der Waals surface area contributed by atoms with Gasteiger partial charge in [0.2, 0.25) is 0 Å². The highest BCUT2D eigenvalue weighted by molar-refractivity contribution is 5.82. The quantitative estimate of drug-likeness (QED) is 0.307. The summed E-state index contributed by atoms with van der Waals surface area (Å²) in [6.45, 7) is 2.48. The van der Waals surface area contributed by atoms with Crippen molar-refractivity contribution < 1.29 is 24.5 Å². The molecule has 0 saturated heterocycles. The molecule has 0 amide bonds. The molecule has 6 heteroatoms. The smallest absolute Gasteiger partial charge is 0.378 e. The van der Waals surface area contributed by atoms with Crippen molar-refractivity contribution in [1.29, 1.82) is 0 Å². The summed E-state index contributed by atoms with van der Waals surface area (Å²) < 4.78 is 0. The van der Waals surface area contributed by atoms with Gasteiger partial charge in [-0.1, -0.05) is 6.58 Å². The van der Waals surface area contributed by atoms with E-state index in [9.17, 15) is 9.59 Å². The molecule has 0 fully saturated rings. The summed E-state index contributed by atoms with van der Waals surface area (Å²) >= 11 is 0. The predicted octanol–water partition coefficient (Wildman–Crippen LogP) is -1.51. The molecule has 0 aromatic heterocycles. The SMILES string of the molecule is C=CC(=O)OOC(=O)C(N)CO. The minimum atomic E-state index is -1.21. The van der Waals surface area contributed by atoms with Gasteiger partial charge in [0.1, 0.15) is 6.04 Å². The van der Waals surface area contributed by atoms with Crippen molar-refractivity contribution >= 4 is 11.9 Å². The molecule has 0 aliphatic rings. The summed E-state index contributed by atoms with van der Waals surface area (Å²) in [4.78, 5) is 28.7. The van der Waals surface area contributed by atoms with Gasteiger partial charge < -0.3 is 10.8 Å². The fourth-order valence-corrected chi connectivity index (χ4v) is 0.252. The Morgan fingerprint density at radius 3 is 2.58 bits per heavy atom. The van der Waals surface area contributed by atoms with Crippen LogP contribution >= 0.6 is 0 Å². The number of rotatable bonds is 3. The Balaban J connectivity index is 3.71. The Morgan fingerprint density at radius 1 is 1.58 bits per heavy atom. The van der Waals surface area contributed by atoms with Crippen LogP contribution in [0.2, 0.25) is 0 Å². The number of nitrogens with two attached hydrogens (primary N) is 1. The van der Waals surface area contributed by atoms with Gasteiger partial charge >= 0.3 is 11.9 Å². The van der Waals surface area contributed by atoms with Crippen LogP contribution in [0.15, 0.2) is 12.7 Å². The molecule has 1 atom stereocenters. The zero-order valence-electron chi connectivity index (χ0n) is 6.23. The number of carbonyl (C=O) groups excluding carboxylic acids is 2. The van der Waals surface area contributed by atoms with Gasteiger partial charge in [0, 0.05) is 6.08 Å². The van der Waals surface area contributed by atoms with Crippen molar-refractivity contribution in [3.8, 4) is 0 Å². The summed E-state index contributed by atoms with van der Waals surface area (Å²) in [5.41, 5.74) is 5.00. The van der Waals surface area contributed by atoms with Crippen LogP contribution < -0.4 is 5.73 Å².